The van der Waals surface area contributed by atoms with Crippen molar-refractivity contribution in [3.05, 3.63) is 18.2 Å². The number of carbonyl (C=O) groups excluding carboxylic acids is 1. The number of rotatable bonds is 5. The van der Waals surface area contributed by atoms with Crippen molar-refractivity contribution in [1.82, 2.24) is 5.32 Å². The zero-order valence-electron chi connectivity index (χ0n) is 11.1. The standard InChI is InChI=1S/C14H19N3O2/c1-17-12-8-11(16-7-6-15-10-2-3-10)4-5-13(12)19-9-14(17)18/h4-5,8,10,15-16H,2-3,6-7,9H2,1H3. The molecule has 3 rings (SSSR count). The number of carbonyl (C=O) groups is 1. The van der Waals surface area contributed by atoms with E-state index in [1.54, 1.807) is 11.9 Å². The SMILES string of the molecule is CN1C(=O)COc2ccc(NCCNC3CC3)cc21. The second kappa shape index (κ2) is 5.09. The number of anilines is 2. The third-order valence-corrected chi connectivity index (χ3v) is 3.51. The monoisotopic (exact) mass is 261 g/mol. The minimum absolute atomic E-state index is 0.0138. The van der Waals surface area contributed by atoms with Crippen LogP contribution in [-0.4, -0.2) is 38.7 Å². The van der Waals surface area contributed by atoms with E-state index in [4.69, 9.17) is 4.74 Å². The Morgan fingerprint density at radius 3 is 3.00 bits per heavy atom. The average molecular weight is 261 g/mol. The highest BCUT2D eigenvalue weighted by Gasteiger charge is 2.22. The molecule has 0 unspecified atom stereocenters. The summed E-state index contributed by atoms with van der Waals surface area (Å²) >= 11 is 0. The van der Waals surface area contributed by atoms with Gasteiger partial charge in [0.25, 0.3) is 5.91 Å². The number of nitrogens with one attached hydrogen (secondary N) is 2. The Bertz CT molecular complexity index is 486. The second-order valence-electron chi connectivity index (χ2n) is 5.08. The van der Waals surface area contributed by atoms with E-state index in [2.05, 4.69) is 10.6 Å². The van der Waals surface area contributed by atoms with E-state index in [1.165, 1.54) is 12.8 Å². The molecule has 2 N–H and O–H groups in total. The van der Waals surface area contributed by atoms with Gasteiger partial charge in [-0.1, -0.05) is 0 Å². The van der Waals surface area contributed by atoms with E-state index in [9.17, 15) is 4.79 Å². The molecule has 0 spiro atoms. The minimum atomic E-state index is -0.0138. The van der Waals surface area contributed by atoms with Gasteiger partial charge in [-0.25, -0.2) is 0 Å². The van der Waals surface area contributed by atoms with Crippen molar-refractivity contribution in [2.75, 3.05) is 37.0 Å². The first-order valence-corrected chi connectivity index (χ1v) is 6.75. The molecule has 1 aliphatic carbocycles. The van der Waals surface area contributed by atoms with Gasteiger partial charge < -0.3 is 20.3 Å². The Morgan fingerprint density at radius 1 is 1.37 bits per heavy atom. The summed E-state index contributed by atoms with van der Waals surface area (Å²) in [6.07, 6.45) is 2.62. The van der Waals surface area contributed by atoms with E-state index >= 15 is 0 Å². The molecule has 19 heavy (non-hydrogen) atoms. The highest BCUT2D eigenvalue weighted by atomic mass is 16.5. The highest BCUT2D eigenvalue weighted by Crippen LogP contribution is 2.33. The number of hydrogen-bond donors (Lipinski definition) is 2. The average Bonchev–Trinajstić information content (AvgIpc) is 3.24. The zero-order valence-corrected chi connectivity index (χ0v) is 11.1. The van der Waals surface area contributed by atoms with Crippen molar-refractivity contribution in [3.8, 4) is 5.75 Å². The topological polar surface area (TPSA) is 53.6 Å². The van der Waals surface area contributed by atoms with Crippen molar-refractivity contribution in [2.24, 2.45) is 0 Å². The Labute approximate surface area is 112 Å². The Kier molecular flexibility index (Phi) is 3.29. The molecule has 5 nitrogen and oxygen atoms in total. The normalized spacial score (nSPS) is 17.9. The molecular weight excluding hydrogens is 242 g/mol. The lowest BCUT2D eigenvalue weighted by Gasteiger charge is -2.26. The summed E-state index contributed by atoms with van der Waals surface area (Å²) in [5.74, 6) is 0.754. The predicted octanol–water partition coefficient (Wildman–Crippen LogP) is 1.21. The van der Waals surface area contributed by atoms with Crippen LogP contribution < -0.4 is 20.3 Å². The molecule has 1 saturated carbocycles. The fourth-order valence-corrected chi connectivity index (χ4v) is 2.15. The number of nitrogens with zero attached hydrogens (tertiary/aromatic N) is 1. The zero-order chi connectivity index (χ0) is 13.2. The quantitative estimate of drug-likeness (QED) is 0.782. The van der Waals surface area contributed by atoms with Gasteiger partial charge in [0, 0.05) is 31.9 Å². The van der Waals surface area contributed by atoms with E-state index in [1.807, 2.05) is 18.2 Å². The second-order valence-corrected chi connectivity index (χ2v) is 5.08. The summed E-state index contributed by atoms with van der Waals surface area (Å²) in [5.41, 5.74) is 1.85. The van der Waals surface area contributed by atoms with Crippen LogP contribution >= 0.6 is 0 Å². The first-order chi connectivity index (χ1) is 9.24. The van der Waals surface area contributed by atoms with Crippen LogP contribution in [-0.2, 0) is 4.79 Å². The molecule has 2 aliphatic rings. The smallest absolute Gasteiger partial charge is 0.264 e. The third kappa shape index (κ3) is 2.81. The molecule has 0 bridgehead atoms. The van der Waals surface area contributed by atoms with Crippen molar-refractivity contribution >= 4 is 17.3 Å². The van der Waals surface area contributed by atoms with Gasteiger partial charge in [0.05, 0.1) is 5.69 Å². The maximum Gasteiger partial charge on any atom is 0.264 e. The van der Waals surface area contributed by atoms with Gasteiger partial charge in [-0.05, 0) is 31.0 Å². The lowest BCUT2D eigenvalue weighted by atomic mass is 10.2. The van der Waals surface area contributed by atoms with Gasteiger partial charge >= 0.3 is 0 Å². The highest BCUT2D eigenvalue weighted by molar-refractivity contribution is 5.97. The van der Waals surface area contributed by atoms with Crippen LogP contribution in [0.15, 0.2) is 18.2 Å². The van der Waals surface area contributed by atoms with E-state index in [0.29, 0.717) is 0 Å². The largest absolute Gasteiger partial charge is 0.482 e. The van der Waals surface area contributed by atoms with Crippen molar-refractivity contribution in [2.45, 2.75) is 18.9 Å². The van der Waals surface area contributed by atoms with Crippen molar-refractivity contribution in [3.63, 3.8) is 0 Å². The predicted molar refractivity (Wildman–Crippen MR) is 74.9 cm³/mol. The van der Waals surface area contributed by atoms with Crippen LogP contribution in [0.2, 0.25) is 0 Å². The first kappa shape index (κ1) is 12.3. The van der Waals surface area contributed by atoms with Gasteiger partial charge in [-0.3, -0.25) is 4.79 Å². The molecule has 1 aliphatic heterocycles. The summed E-state index contributed by atoms with van der Waals surface area (Å²) in [6.45, 7) is 1.97. The molecule has 1 aromatic rings. The molecule has 1 amide bonds. The van der Waals surface area contributed by atoms with Gasteiger partial charge in [0.2, 0.25) is 0 Å². The molecule has 0 radical (unpaired) electrons. The number of amides is 1. The first-order valence-electron chi connectivity index (χ1n) is 6.75. The molecule has 102 valence electrons. The Hall–Kier alpha value is -1.75. The Morgan fingerprint density at radius 2 is 2.21 bits per heavy atom. The number of fused-ring (bicyclic) bond motifs is 1. The van der Waals surface area contributed by atoms with Crippen LogP contribution in [0.3, 0.4) is 0 Å². The maximum absolute atomic E-state index is 11.6. The summed E-state index contributed by atoms with van der Waals surface area (Å²) in [4.78, 5) is 13.2. The van der Waals surface area contributed by atoms with Gasteiger partial charge in [0.15, 0.2) is 6.61 Å². The molecule has 0 atom stereocenters. The van der Waals surface area contributed by atoms with E-state index < -0.39 is 0 Å². The summed E-state index contributed by atoms with van der Waals surface area (Å²) in [7, 11) is 1.78. The fourth-order valence-electron chi connectivity index (χ4n) is 2.15. The molecule has 5 heteroatoms. The third-order valence-electron chi connectivity index (χ3n) is 3.51. The van der Waals surface area contributed by atoms with Crippen molar-refractivity contribution in [1.29, 1.82) is 0 Å². The van der Waals surface area contributed by atoms with Crippen LogP contribution in [0.4, 0.5) is 11.4 Å². The van der Waals surface area contributed by atoms with Crippen LogP contribution in [0, 0.1) is 0 Å². The Balaban J connectivity index is 1.61. The minimum Gasteiger partial charge on any atom is -0.482 e. The lowest BCUT2D eigenvalue weighted by Crippen LogP contribution is -2.35. The number of ether oxygens (including phenoxy) is 1. The molecule has 0 saturated heterocycles. The summed E-state index contributed by atoms with van der Waals surface area (Å²) in [6, 6.07) is 6.60. The molecule has 0 aromatic heterocycles. The molecule has 1 heterocycles. The van der Waals surface area contributed by atoms with E-state index in [0.717, 1.165) is 36.3 Å². The maximum atomic E-state index is 11.6. The molecular formula is C14H19N3O2. The molecule has 1 fully saturated rings. The number of hydrogen-bond acceptors (Lipinski definition) is 4. The van der Waals surface area contributed by atoms with Crippen LogP contribution in [0.5, 0.6) is 5.75 Å². The van der Waals surface area contributed by atoms with Crippen LogP contribution in [0.1, 0.15) is 12.8 Å². The van der Waals surface area contributed by atoms with Gasteiger partial charge in [-0.15, -0.1) is 0 Å². The fraction of sp³-hybridized carbons (Fsp3) is 0.500. The summed E-state index contributed by atoms with van der Waals surface area (Å²) in [5, 5.41) is 6.81. The van der Waals surface area contributed by atoms with Crippen molar-refractivity contribution < 1.29 is 9.53 Å². The van der Waals surface area contributed by atoms with Gasteiger partial charge in [-0.2, -0.15) is 0 Å². The number of likely N-dealkylation sites (N-methyl/N-ethyl adjacent to an activating group) is 1. The lowest BCUT2D eigenvalue weighted by molar-refractivity contribution is -0.120. The number of benzene rings is 1. The van der Waals surface area contributed by atoms with Gasteiger partial charge in [0.1, 0.15) is 5.75 Å². The van der Waals surface area contributed by atoms with E-state index in [-0.39, 0.29) is 12.5 Å². The molecule has 1 aromatic carbocycles. The van der Waals surface area contributed by atoms with Crippen LogP contribution in [0.25, 0.3) is 0 Å². The summed E-state index contributed by atoms with van der Waals surface area (Å²) < 4.78 is 5.40.